The van der Waals surface area contributed by atoms with Crippen LogP contribution in [0.4, 0.5) is 10.5 Å². The van der Waals surface area contributed by atoms with E-state index in [2.05, 4.69) is 15.6 Å². The second-order valence-corrected chi connectivity index (χ2v) is 6.15. The Bertz CT molecular complexity index is 627. The van der Waals surface area contributed by atoms with Gasteiger partial charge in [0.25, 0.3) is 0 Å². The van der Waals surface area contributed by atoms with Gasteiger partial charge >= 0.3 is 6.03 Å². The molecule has 0 saturated carbocycles. The predicted molar refractivity (Wildman–Crippen MR) is 96.0 cm³/mol. The summed E-state index contributed by atoms with van der Waals surface area (Å²) in [5, 5.41) is 14.8. The molecular weight excluding hydrogens is 302 g/mol. The standard InChI is InChI=1S/C19H25N3O2/c1-14(2)18(13-23)22-19(24)21-17-10-7-15(8-11-17)6-9-16-5-3-4-12-20-16/h3-5,7-8,10-12,14,18,23H,6,9,13H2,1-2H3,(H2,21,22,24)/t18-/m0/s1. The smallest absolute Gasteiger partial charge is 0.319 e. The minimum Gasteiger partial charge on any atom is -0.394 e. The molecule has 0 radical (unpaired) electrons. The summed E-state index contributed by atoms with van der Waals surface area (Å²) in [6, 6.07) is 13.2. The van der Waals surface area contributed by atoms with Crippen molar-refractivity contribution >= 4 is 11.7 Å². The number of nitrogens with zero attached hydrogens (tertiary/aromatic N) is 1. The number of aliphatic hydroxyl groups excluding tert-OH is 1. The molecule has 0 spiro atoms. The minimum absolute atomic E-state index is 0.0719. The highest BCUT2D eigenvalue weighted by Crippen LogP contribution is 2.12. The van der Waals surface area contributed by atoms with Gasteiger partial charge in [-0.05, 0) is 48.6 Å². The van der Waals surface area contributed by atoms with E-state index in [0.717, 1.165) is 24.2 Å². The van der Waals surface area contributed by atoms with E-state index < -0.39 is 0 Å². The average molecular weight is 327 g/mol. The van der Waals surface area contributed by atoms with Crippen LogP contribution >= 0.6 is 0 Å². The number of aromatic nitrogens is 1. The monoisotopic (exact) mass is 327 g/mol. The molecule has 2 rings (SSSR count). The van der Waals surface area contributed by atoms with Crippen LogP contribution in [0.2, 0.25) is 0 Å². The number of nitrogens with one attached hydrogen (secondary N) is 2. The number of pyridine rings is 1. The number of amides is 2. The van der Waals surface area contributed by atoms with E-state index in [1.807, 2.05) is 56.3 Å². The first-order valence-electron chi connectivity index (χ1n) is 8.25. The fourth-order valence-corrected chi connectivity index (χ4v) is 2.33. The Kier molecular flexibility index (Phi) is 6.75. The first-order valence-corrected chi connectivity index (χ1v) is 8.25. The van der Waals surface area contributed by atoms with Crippen molar-refractivity contribution < 1.29 is 9.90 Å². The number of carbonyl (C=O) groups is 1. The quantitative estimate of drug-likeness (QED) is 0.732. The van der Waals surface area contributed by atoms with Crippen molar-refractivity contribution in [2.45, 2.75) is 32.7 Å². The van der Waals surface area contributed by atoms with Crippen molar-refractivity contribution in [2.75, 3.05) is 11.9 Å². The molecule has 1 aromatic carbocycles. The highest BCUT2D eigenvalue weighted by molar-refractivity contribution is 5.89. The lowest BCUT2D eigenvalue weighted by Crippen LogP contribution is -2.43. The number of anilines is 1. The van der Waals surface area contributed by atoms with Gasteiger partial charge in [-0.15, -0.1) is 0 Å². The third kappa shape index (κ3) is 5.66. The molecule has 1 aromatic heterocycles. The number of aryl methyl sites for hydroxylation is 2. The van der Waals surface area contributed by atoms with Crippen LogP contribution in [0.5, 0.6) is 0 Å². The Morgan fingerprint density at radius 2 is 1.88 bits per heavy atom. The van der Waals surface area contributed by atoms with Gasteiger partial charge in [0, 0.05) is 17.6 Å². The Balaban J connectivity index is 1.84. The third-order valence-electron chi connectivity index (χ3n) is 3.93. The Labute approximate surface area is 143 Å². The van der Waals surface area contributed by atoms with Crippen LogP contribution in [0.1, 0.15) is 25.1 Å². The number of aliphatic hydroxyl groups is 1. The molecule has 3 N–H and O–H groups in total. The summed E-state index contributed by atoms with van der Waals surface area (Å²) in [6.07, 6.45) is 3.60. The topological polar surface area (TPSA) is 74.2 Å². The van der Waals surface area contributed by atoms with Gasteiger partial charge in [0.15, 0.2) is 0 Å². The highest BCUT2D eigenvalue weighted by atomic mass is 16.3. The first-order chi connectivity index (χ1) is 11.6. The molecule has 128 valence electrons. The summed E-state index contributed by atoms with van der Waals surface area (Å²) in [4.78, 5) is 16.3. The van der Waals surface area contributed by atoms with Gasteiger partial charge in [0.1, 0.15) is 0 Å². The molecule has 24 heavy (non-hydrogen) atoms. The lowest BCUT2D eigenvalue weighted by molar-refractivity contribution is 0.204. The fourth-order valence-electron chi connectivity index (χ4n) is 2.33. The van der Waals surface area contributed by atoms with E-state index in [4.69, 9.17) is 0 Å². The van der Waals surface area contributed by atoms with Crippen LogP contribution in [0.15, 0.2) is 48.7 Å². The second-order valence-electron chi connectivity index (χ2n) is 6.15. The van der Waals surface area contributed by atoms with Crippen LogP contribution in [-0.4, -0.2) is 28.8 Å². The zero-order chi connectivity index (χ0) is 17.4. The first kappa shape index (κ1) is 17.9. The maximum atomic E-state index is 11.9. The van der Waals surface area contributed by atoms with E-state index in [-0.39, 0.29) is 24.6 Å². The molecule has 0 aliphatic heterocycles. The maximum Gasteiger partial charge on any atom is 0.319 e. The molecule has 0 aliphatic rings. The summed E-state index contributed by atoms with van der Waals surface area (Å²) in [5.74, 6) is 0.176. The summed E-state index contributed by atoms with van der Waals surface area (Å²) in [7, 11) is 0. The van der Waals surface area contributed by atoms with Crippen molar-refractivity contribution in [3.8, 4) is 0 Å². The van der Waals surface area contributed by atoms with Crippen molar-refractivity contribution in [3.63, 3.8) is 0 Å². The number of benzene rings is 1. The van der Waals surface area contributed by atoms with E-state index in [1.165, 1.54) is 5.56 Å². The average Bonchev–Trinajstić information content (AvgIpc) is 2.59. The maximum absolute atomic E-state index is 11.9. The molecule has 5 nitrogen and oxygen atoms in total. The van der Waals surface area contributed by atoms with Gasteiger partial charge in [0.05, 0.1) is 12.6 Å². The predicted octanol–water partition coefficient (Wildman–Crippen LogP) is 3.01. The zero-order valence-electron chi connectivity index (χ0n) is 14.2. The summed E-state index contributed by atoms with van der Waals surface area (Å²) >= 11 is 0. The molecule has 1 heterocycles. The van der Waals surface area contributed by atoms with Gasteiger partial charge in [-0.1, -0.05) is 32.0 Å². The van der Waals surface area contributed by atoms with Crippen LogP contribution in [0, 0.1) is 5.92 Å². The molecule has 0 aliphatic carbocycles. The van der Waals surface area contributed by atoms with Crippen molar-refractivity contribution in [3.05, 3.63) is 59.9 Å². The minimum atomic E-state index is -0.302. The normalized spacial score (nSPS) is 12.0. The molecular formula is C19H25N3O2. The van der Waals surface area contributed by atoms with Crippen LogP contribution < -0.4 is 10.6 Å². The summed E-state index contributed by atoms with van der Waals surface area (Å²) < 4.78 is 0. The SMILES string of the molecule is CC(C)[C@H](CO)NC(=O)Nc1ccc(CCc2ccccn2)cc1. The lowest BCUT2D eigenvalue weighted by atomic mass is 10.1. The highest BCUT2D eigenvalue weighted by Gasteiger charge is 2.14. The number of rotatable bonds is 7. The lowest BCUT2D eigenvalue weighted by Gasteiger charge is -2.20. The molecule has 0 fully saturated rings. The Hall–Kier alpha value is -2.40. The third-order valence-corrected chi connectivity index (χ3v) is 3.93. The van der Waals surface area contributed by atoms with Crippen LogP contribution in [0.25, 0.3) is 0 Å². The van der Waals surface area contributed by atoms with E-state index in [1.54, 1.807) is 6.20 Å². The van der Waals surface area contributed by atoms with Crippen LogP contribution in [-0.2, 0) is 12.8 Å². The Morgan fingerprint density at radius 3 is 2.46 bits per heavy atom. The molecule has 0 unspecified atom stereocenters. The molecule has 2 amide bonds. The summed E-state index contributed by atoms with van der Waals surface area (Å²) in [5.41, 5.74) is 3.00. The van der Waals surface area contributed by atoms with Gasteiger partial charge in [-0.25, -0.2) is 4.79 Å². The van der Waals surface area contributed by atoms with Gasteiger partial charge in [-0.3, -0.25) is 4.98 Å². The molecule has 0 saturated heterocycles. The zero-order valence-corrected chi connectivity index (χ0v) is 14.2. The molecule has 1 atom stereocenters. The Morgan fingerprint density at radius 1 is 1.12 bits per heavy atom. The summed E-state index contributed by atoms with van der Waals surface area (Å²) in [6.45, 7) is 3.84. The van der Waals surface area contributed by atoms with Crippen molar-refractivity contribution in [1.82, 2.24) is 10.3 Å². The largest absolute Gasteiger partial charge is 0.394 e. The molecule has 2 aromatic rings. The van der Waals surface area contributed by atoms with Crippen molar-refractivity contribution in [1.29, 1.82) is 0 Å². The van der Waals surface area contributed by atoms with E-state index >= 15 is 0 Å². The second kappa shape index (κ2) is 9.03. The van der Waals surface area contributed by atoms with Gasteiger partial charge in [-0.2, -0.15) is 0 Å². The van der Waals surface area contributed by atoms with Gasteiger partial charge in [0.2, 0.25) is 0 Å². The van der Waals surface area contributed by atoms with E-state index in [9.17, 15) is 9.90 Å². The van der Waals surface area contributed by atoms with Crippen LogP contribution in [0.3, 0.4) is 0 Å². The van der Waals surface area contributed by atoms with Gasteiger partial charge < -0.3 is 15.7 Å². The van der Waals surface area contributed by atoms with Crippen molar-refractivity contribution in [2.24, 2.45) is 5.92 Å². The molecule has 0 bridgehead atoms. The number of carbonyl (C=O) groups excluding carboxylic acids is 1. The van der Waals surface area contributed by atoms with E-state index in [0.29, 0.717) is 0 Å². The fraction of sp³-hybridized carbons (Fsp3) is 0.368. The number of urea groups is 1. The molecule has 5 heteroatoms. The number of hydrogen-bond donors (Lipinski definition) is 3. The number of hydrogen-bond acceptors (Lipinski definition) is 3.